The summed E-state index contributed by atoms with van der Waals surface area (Å²) in [5.41, 5.74) is 1.10. The molecule has 1 aromatic carbocycles. The maximum Gasteiger partial charge on any atom is 0.236 e. The van der Waals surface area contributed by atoms with Crippen LogP contribution in [0.2, 0.25) is 5.02 Å². The van der Waals surface area contributed by atoms with Crippen molar-refractivity contribution in [3.8, 4) is 0 Å². The molecule has 2 saturated heterocycles. The van der Waals surface area contributed by atoms with E-state index in [1.165, 1.54) is 6.42 Å². The smallest absolute Gasteiger partial charge is 0.236 e. The fourth-order valence-electron chi connectivity index (χ4n) is 3.68. The maximum absolute atomic E-state index is 12.6. The van der Waals surface area contributed by atoms with E-state index in [9.17, 15) is 4.79 Å². The van der Waals surface area contributed by atoms with E-state index < -0.39 is 0 Å². The average Bonchev–Trinajstić information content (AvgIpc) is 2.71. The zero-order valence-corrected chi connectivity index (χ0v) is 17.9. The number of hydrogen-bond acceptors (Lipinski definition) is 4. The Hall–Kier alpha value is -1.30. The molecule has 2 fully saturated rings. The summed E-state index contributed by atoms with van der Waals surface area (Å²) in [4.78, 5) is 21.6. The Bertz CT molecular complexity index is 567. The van der Waals surface area contributed by atoms with Gasteiger partial charge in [-0.15, -0.1) is 0 Å². The van der Waals surface area contributed by atoms with E-state index in [0.29, 0.717) is 6.54 Å². The zero-order valence-electron chi connectivity index (χ0n) is 17.2. The standard InChI is InChI=1S/C19H29ClN4O.C2H6/c1-2-7-21-8-14-24(15-9-21)19(25)16-22-10-12-23(13-11-22)18-6-4-3-5-17(18)20;1-2/h3-6H,2,7-16H2,1H3;1-2H3. The topological polar surface area (TPSA) is 30.0 Å². The van der Waals surface area contributed by atoms with E-state index in [1.807, 2.05) is 36.9 Å². The number of benzene rings is 1. The molecule has 0 radical (unpaired) electrons. The molecule has 0 unspecified atom stereocenters. The van der Waals surface area contributed by atoms with Crippen LogP contribution in [0.25, 0.3) is 0 Å². The van der Waals surface area contributed by atoms with Crippen LogP contribution in [-0.4, -0.2) is 86.1 Å². The number of nitrogens with zero attached hydrogens (tertiary/aromatic N) is 4. The van der Waals surface area contributed by atoms with Gasteiger partial charge in [-0.25, -0.2) is 0 Å². The van der Waals surface area contributed by atoms with Crippen molar-refractivity contribution >= 4 is 23.2 Å². The lowest BCUT2D eigenvalue weighted by Crippen LogP contribution is -2.53. The van der Waals surface area contributed by atoms with Crippen molar-refractivity contribution in [2.75, 3.05) is 70.3 Å². The van der Waals surface area contributed by atoms with E-state index in [0.717, 1.165) is 69.6 Å². The summed E-state index contributed by atoms with van der Waals surface area (Å²) >= 11 is 6.29. The summed E-state index contributed by atoms with van der Waals surface area (Å²) in [5.74, 6) is 0.280. The number of anilines is 1. The predicted molar refractivity (Wildman–Crippen MR) is 115 cm³/mol. The summed E-state index contributed by atoms with van der Waals surface area (Å²) in [7, 11) is 0. The average molecular weight is 395 g/mol. The quantitative estimate of drug-likeness (QED) is 0.767. The van der Waals surface area contributed by atoms with E-state index in [-0.39, 0.29) is 5.91 Å². The lowest BCUT2D eigenvalue weighted by molar-refractivity contribution is -0.134. The largest absolute Gasteiger partial charge is 0.368 e. The number of amides is 1. The Morgan fingerprint density at radius 1 is 0.926 bits per heavy atom. The normalized spacial score (nSPS) is 18.8. The van der Waals surface area contributed by atoms with Crippen LogP contribution >= 0.6 is 11.6 Å². The maximum atomic E-state index is 12.6. The van der Waals surface area contributed by atoms with Crippen molar-refractivity contribution in [2.24, 2.45) is 0 Å². The van der Waals surface area contributed by atoms with Gasteiger partial charge in [-0.05, 0) is 25.1 Å². The molecule has 2 aliphatic heterocycles. The van der Waals surface area contributed by atoms with Crippen molar-refractivity contribution < 1.29 is 4.79 Å². The van der Waals surface area contributed by atoms with E-state index >= 15 is 0 Å². The van der Waals surface area contributed by atoms with Crippen LogP contribution in [-0.2, 0) is 4.79 Å². The lowest BCUT2D eigenvalue weighted by Gasteiger charge is -2.38. The minimum Gasteiger partial charge on any atom is -0.368 e. The Balaban J connectivity index is 0.00000126. The molecule has 2 aliphatic rings. The molecule has 0 bridgehead atoms. The third-order valence-electron chi connectivity index (χ3n) is 5.19. The fraction of sp³-hybridized carbons (Fsp3) is 0.667. The van der Waals surface area contributed by atoms with Crippen LogP contribution in [0.3, 0.4) is 0 Å². The van der Waals surface area contributed by atoms with Gasteiger partial charge >= 0.3 is 0 Å². The molecule has 1 aromatic rings. The summed E-state index contributed by atoms with van der Waals surface area (Å²) in [6.07, 6.45) is 1.18. The lowest BCUT2D eigenvalue weighted by atomic mass is 10.2. The first-order chi connectivity index (χ1) is 13.2. The number of rotatable bonds is 5. The monoisotopic (exact) mass is 394 g/mol. The highest BCUT2D eigenvalue weighted by molar-refractivity contribution is 6.33. The van der Waals surface area contributed by atoms with Crippen LogP contribution in [0.15, 0.2) is 24.3 Å². The molecule has 6 heteroatoms. The number of para-hydroxylation sites is 1. The van der Waals surface area contributed by atoms with Crippen LogP contribution in [0.1, 0.15) is 27.2 Å². The third kappa shape index (κ3) is 6.37. The van der Waals surface area contributed by atoms with E-state index in [4.69, 9.17) is 11.6 Å². The molecule has 0 aromatic heterocycles. The second-order valence-electron chi connectivity index (χ2n) is 6.94. The molecular formula is C21H35ClN4O. The minimum atomic E-state index is 0.280. The van der Waals surface area contributed by atoms with Crippen LogP contribution < -0.4 is 4.90 Å². The molecule has 0 aliphatic carbocycles. The fourth-order valence-corrected chi connectivity index (χ4v) is 3.94. The van der Waals surface area contributed by atoms with Crippen molar-refractivity contribution in [3.63, 3.8) is 0 Å². The molecule has 3 rings (SSSR count). The number of halogens is 1. The zero-order chi connectivity index (χ0) is 19.6. The van der Waals surface area contributed by atoms with Crippen molar-refractivity contribution in [1.82, 2.24) is 14.7 Å². The molecule has 2 heterocycles. The summed E-state index contributed by atoms with van der Waals surface area (Å²) in [6.45, 7) is 15.3. The first kappa shape index (κ1) is 22.0. The third-order valence-corrected chi connectivity index (χ3v) is 5.51. The second kappa shape index (κ2) is 11.5. The predicted octanol–water partition coefficient (Wildman–Crippen LogP) is 3.04. The van der Waals surface area contributed by atoms with E-state index in [1.54, 1.807) is 0 Å². The molecule has 152 valence electrons. The molecule has 5 nitrogen and oxygen atoms in total. The van der Waals surface area contributed by atoms with Gasteiger partial charge in [0.25, 0.3) is 0 Å². The molecule has 0 saturated carbocycles. The van der Waals surface area contributed by atoms with Crippen molar-refractivity contribution in [2.45, 2.75) is 27.2 Å². The van der Waals surface area contributed by atoms with Gasteiger partial charge in [0.1, 0.15) is 0 Å². The molecule has 0 atom stereocenters. The molecule has 0 N–H and O–H groups in total. The SMILES string of the molecule is CC.CCCN1CCN(C(=O)CN2CCN(c3ccccc3Cl)CC2)CC1. The Labute approximate surface area is 169 Å². The van der Waals surface area contributed by atoms with Crippen molar-refractivity contribution in [1.29, 1.82) is 0 Å². The molecule has 0 spiro atoms. The van der Waals surface area contributed by atoms with Gasteiger partial charge in [-0.3, -0.25) is 14.6 Å². The number of carbonyl (C=O) groups excluding carboxylic acids is 1. The first-order valence-electron chi connectivity index (χ1n) is 10.4. The van der Waals surface area contributed by atoms with Crippen LogP contribution in [0.4, 0.5) is 5.69 Å². The van der Waals surface area contributed by atoms with Gasteiger partial charge in [0.05, 0.1) is 17.3 Å². The van der Waals surface area contributed by atoms with Gasteiger partial charge in [-0.1, -0.05) is 44.5 Å². The number of carbonyl (C=O) groups is 1. The number of hydrogen-bond donors (Lipinski definition) is 0. The van der Waals surface area contributed by atoms with Gasteiger partial charge in [0.2, 0.25) is 5.91 Å². The van der Waals surface area contributed by atoms with Gasteiger partial charge < -0.3 is 9.80 Å². The van der Waals surface area contributed by atoms with Gasteiger partial charge in [0.15, 0.2) is 0 Å². The van der Waals surface area contributed by atoms with Gasteiger partial charge in [0, 0.05) is 52.4 Å². The molecular weight excluding hydrogens is 360 g/mol. The Morgan fingerprint density at radius 2 is 1.52 bits per heavy atom. The minimum absolute atomic E-state index is 0.280. The van der Waals surface area contributed by atoms with Crippen LogP contribution in [0, 0.1) is 0 Å². The molecule has 27 heavy (non-hydrogen) atoms. The van der Waals surface area contributed by atoms with Crippen molar-refractivity contribution in [3.05, 3.63) is 29.3 Å². The number of piperazine rings is 2. The van der Waals surface area contributed by atoms with Gasteiger partial charge in [-0.2, -0.15) is 0 Å². The second-order valence-corrected chi connectivity index (χ2v) is 7.34. The highest BCUT2D eigenvalue weighted by atomic mass is 35.5. The summed E-state index contributed by atoms with van der Waals surface area (Å²) in [6, 6.07) is 7.99. The van der Waals surface area contributed by atoms with E-state index in [2.05, 4.69) is 27.7 Å². The summed E-state index contributed by atoms with van der Waals surface area (Å²) in [5, 5.41) is 0.803. The van der Waals surface area contributed by atoms with Crippen LogP contribution in [0.5, 0.6) is 0 Å². The molecule has 1 amide bonds. The Morgan fingerprint density at radius 3 is 2.11 bits per heavy atom. The highest BCUT2D eigenvalue weighted by Crippen LogP contribution is 2.25. The summed E-state index contributed by atoms with van der Waals surface area (Å²) < 4.78 is 0. The first-order valence-corrected chi connectivity index (χ1v) is 10.8. The Kier molecular flexibility index (Phi) is 9.39. The highest BCUT2D eigenvalue weighted by Gasteiger charge is 2.25.